The molecule has 17 heavy (non-hydrogen) atoms. The predicted molar refractivity (Wildman–Crippen MR) is 69.0 cm³/mol. The summed E-state index contributed by atoms with van der Waals surface area (Å²) in [7, 11) is 3.66. The van der Waals surface area contributed by atoms with Crippen LogP contribution < -0.4 is 0 Å². The first-order chi connectivity index (χ1) is 8.17. The number of likely N-dealkylation sites (N-methyl/N-ethyl adjacent to an activating group) is 1. The van der Waals surface area contributed by atoms with Crippen LogP contribution in [0.15, 0.2) is 0 Å². The maximum atomic E-state index is 11.2. The van der Waals surface area contributed by atoms with Gasteiger partial charge in [0.15, 0.2) is 0 Å². The summed E-state index contributed by atoms with van der Waals surface area (Å²) in [5.41, 5.74) is 0. The van der Waals surface area contributed by atoms with Gasteiger partial charge in [0.05, 0.1) is 13.7 Å². The maximum absolute atomic E-state index is 11.2. The Morgan fingerprint density at radius 1 is 1.47 bits per heavy atom. The first kappa shape index (κ1) is 14.5. The molecular formula is C13H26N2O2. The van der Waals surface area contributed by atoms with Gasteiger partial charge in [0, 0.05) is 12.6 Å². The fourth-order valence-corrected chi connectivity index (χ4v) is 2.44. The molecule has 0 spiro atoms. The summed E-state index contributed by atoms with van der Waals surface area (Å²) in [5.74, 6) is -0.135. The number of hydrogen-bond acceptors (Lipinski definition) is 4. The minimum Gasteiger partial charge on any atom is -0.468 e. The zero-order valence-corrected chi connectivity index (χ0v) is 11.4. The van der Waals surface area contributed by atoms with Crippen molar-refractivity contribution in [2.24, 2.45) is 0 Å². The van der Waals surface area contributed by atoms with Gasteiger partial charge in [-0.15, -0.1) is 0 Å². The highest BCUT2D eigenvalue weighted by atomic mass is 16.5. The summed E-state index contributed by atoms with van der Waals surface area (Å²) < 4.78 is 4.70. The minimum atomic E-state index is -0.135. The van der Waals surface area contributed by atoms with Crippen molar-refractivity contribution >= 4 is 5.97 Å². The van der Waals surface area contributed by atoms with E-state index in [1.807, 2.05) is 0 Å². The van der Waals surface area contributed by atoms with E-state index < -0.39 is 0 Å². The summed E-state index contributed by atoms with van der Waals surface area (Å²) in [6.45, 7) is 5.62. The highest BCUT2D eigenvalue weighted by Crippen LogP contribution is 2.17. The Kier molecular flexibility index (Phi) is 6.52. The van der Waals surface area contributed by atoms with Crippen LogP contribution in [0, 0.1) is 0 Å². The van der Waals surface area contributed by atoms with E-state index in [-0.39, 0.29) is 5.97 Å². The van der Waals surface area contributed by atoms with Gasteiger partial charge >= 0.3 is 5.97 Å². The molecule has 0 aromatic carbocycles. The molecule has 4 nitrogen and oxygen atoms in total. The number of hydrogen-bond donors (Lipinski definition) is 0. The predicted octanol–water partition coefficient (Wildman–Crippen LogP) is 1.36. The topological polar surface area (TPSA) is 32.8 Å². The number of piperidine rings is 1. The molecule has 100 valence electrons. The molecule has 0 bridgehead atoms. The lowest BCUT2D eigenvalue weighted by Crippen LogP contribution is -2.40. The Morgan fingerprint density at radius 2 is 2.24 bits per heavy atom. The van der Waals surface area contributed by atoms with Crippen molar-refractivity contribution in [1.29, 1.82) is 0 Å². The molecule has 0 radical (unpaired) electrons. The standard InChI is InChI=1S/C13H26N2O2/c1-4-15(11-13(16)17-3)10-8-12-7-5-6-9-14(12)2/h12H,4-11H2,1-3H3. The van der Waals surface area contributed by atoms with Gasteiger partial charge in [-0.05, 0) is 39.4 Å². The Morgan fingerprint density at radius 3 is 2.82 bits per heavy atom. The highest BCUT2D eigenvalue weighted by molar-refractivity contribution is 5.71. The molecule has 1 atom stereocenters. The lowest BCUT2D eigenvalue weighted by molar-refractivity contribution is -0.141. The number of carbonyl (C=O) groups excluding carboxylic acids is 1. The maximum Gasteiger partial charge on any atom is 0.319 e. The Balaban J connectivity index is 2.28. The van der Waals surface area contributed by atoms with Gasteiger partial charge in [-0.3, -0.25) is 9.69 Å². The van der Waals surface area contributed by atoms with Crippen LogP contribution in [0.4, 0.5) is 0 Å². The molecule has 0 aliphatic carbocycles. The van der Waals surface area contributed by atoms with Crippen LogP contribution in [0.5, 0.6) is 0 Å². The van der Waals surface area contributed by atoms with E-state index in [2.05, 4.69) is 23.8 Å². The molecule has 1 unspecified atom stereocenters. The second kappa shape index (κ2) is 7.67. The molecule has 0 N–H and O–H groups in total. The third kappa shape index (κ3) is 5.04. The number of methoxy groups -OCH3 is 1. The molecule has 1 rings (SSSR count). The Hall–Kier alpha value is -0.610. The normalized spacial score (nSPS) is 21.8. The fourth-order valence-electron chi connectivity index (χ4n) is 2.44. The Bertz CT molecular complexity index is 233. The number of ether oxygens (including phenoxy) is 1. The van der Waals surface area contributed by atoms with Crippen LogP contribution in [0.3, 0.4) is 0 Å². The second-order valence-corrected chi connectivity index (χ2v) is 4.86. The van der Waals surface area contributed by atoms with Gasteiger partial charge in [0.25, 0.3) is 0 Å². The van der Waals surface area contributed by atoms with E-state index in [1.165, 1.54) is 32.9 Å². The van der Waals surface area contributed by atoms with E-state index >= 15 is 0 Å². The molecule has 0 aromatic rings. The summed E-state index contributed by atoms with van der Waals surface area (Å²) in [4.78, 5) is 15.8. The lowest BCUT2D eigenvalue weighted by atomic mass is 10.00. The van der Waals surface area contributed by atoms with Crippen molar-refractivity contribution in [1.82, 2.24) is 9.80 Å². The van der Waals surface area contributed by atoms with Gasteiger partial charge in [-0.1, -0.05) is 13.3 Å². The molecule has 1 fully saturated rings. The molecule has 0 amide bonds. The van der Waals surface area contributed by atoms with Gasteiger partial charge < -0.3 is 9.64 Å². The molecule has 4 heteroatoms. The van der Waals surface area contributed by atoms with Gasteiger partial charge in [-0.2, -0.15) is 0 Å². The molecule has 1 aliphatic heterocycles. The van der Waals surface area contributed by atoms with E-state index in [9.17, 15) is 4.79 Å². The summed E-state index contributed by atoms with van der Waals surface area (Å²) in [5, 5.41) is 0. The smallest absolute Gasteiger partial charge is 0.319 e. The van der Waals surface area contributed by atoms with Crippen molar-refractivity contribution < 1.29 is 9.53 Å². The van der Waals surface area contributed by atoms with Crippen LogP contribution >= 0.6 is 0 Å². The molecular weight excluding hydrogens is 216 g/mol. The van der Waals surface area contributed by atoms with E-state index in [0.717, 1.165) is 19.5 Å². The van der Waals surface area contributed by atoms with Gasteiger partial charge in [0.2, 0.25) is 0 Å². The van der Waals surface area contributed by atoms with E-state index in [1.54, 1.807) is 0 Å². The number of likely N-dealkylation sites (tertiary alicyclic amines) is 1. The quantitative estimate of drug-likeness (QED) is 0.658. The third-order valence-electron chi connectivity index (χ3n) is 3.73. The Labute approximate surface area is 105 Å². The SMILES string of the molecule is CCN(CCC1CCCCN1C)CC(=O)OC. The third-order valence-corrected chi connectivity index (χ3v) is 3.73. The van der Waals surface area contributed by atoms with Crippen molar-refractivity contribution in [2.75, 3.05) is 40.3 Å². The summed E-state index contributed by atoms with van der Waals surface area (Å²) >= 11 is 0. The fraction of sp³-hybridized carbons (Fsp3) is 0.923. The molecule has 0 saturated carbocycles. The summed E-state index contributed by atoms with van der Waals surface area (Å²) in [6, 6.07) is 0.690. The van der Waals surface area contributed by atoms with Crippen LogP contribution in [0.25, 0.3) is 0 Å². The van der Waals surface area contributed by atoms with E-state index in [4.69, 9.17) is 4.74 Å². The average molecular weight is 242 g/mol. The number of nitrogens with zero attached hydrogens (tertiary/aromatic N) is 2. The van der Waals surface area contributed by atoms with Crippen molar-refractivity contribution in [3.63, 3.8) is 0 Å². The number of esters is 1. The largest absolute Gasteiger partial charge is 0.468 e. The molecule has 1 heterocycles. The summed E-state index contributed by atoms with van der Waals surface area (Å²) in [6.07, 6.45) is 5.12. The molecule has 1 aliphatic rings. The minimum absolute atomic E-state index is 0.135. The zero-order valence-electron chi connectivity index (χ0n) is 11.4. The number of carbonyl (C=O) groups is 1. The van der Waals surface area contributed by atoms with Gasteiger partial charge in [-0.25, -0.2) is 0 Å². The second-order valence-electron chi connectivity index (χ2n) is 4.86. The van der Waals surface area contributed by atoms with Crippen molar-refractivity contribution in [3.05, 3.63) is 0 Å². The van der Waals surface area contributed by atoms with Crippen LogP contribution in [-0.2, 0) is 9.53 Å². The van der Waals surface area contributed by atoms with Crippen LogP contribution in [0.2, 0.25) is 0 Å². The zero-order chi connectivity index (χ0) is 12.7. The van der Waals surface area contributed by atoms with Crippen LogP contribution in [-0.4, -0.2) is 62.1 Å². The van der Waals surface area contributed by atoms with Crippen LogP contribution in [0.1, 0.15) is 32.6 Å². The van der Waals surface area contributed by atoms with Crippen molar-refractivity contribution in [2.45, 2.75) is 38.6 Å². The molecule has 1 saturated heterocycles. The van der Waals surface area contributed by atoms with E-state index in [0.29, 0.717) is 12.6 Å². The first-order valence-electron chi connectivity index (χ1n) is 6.66. The number of rotatable bonds is 6. The molecule has 0 aromatic heterocycles. The first-order valence-corrected chi connectivity index (χ1v) is 6.66. The van der Waals surface area contributed by atoms with Gasteiger partial charge in [0.1, 0.15) is 0 Å². The monoisotopic (exact) mass is 242 g/mol. The average Bonchev–Trinajstić information content (AvgIpc) is 2.35. The highest BCUT2D eigenvalue weighted by Gasteiger charge is 2.19. The lowest BCUT2D eigenvalue weighted by Gasteiger charge is -2.33. The van der Waals surface area contributed by atoms with Crippen molar-refractivity contribution in [3.8, 4) is 0 Å².